The Morgan fingerprint density at radius 1 is 0.667 bits per heavy atom. The van der Waals surface area contributed by atoms with Crippen LogP contribution in [0.2, 0.25) is 0 Å². The molecule has 8 heteroatoms. The Hall–Kier alpha value is -2.71. The zero-order valence-electron chi connectivity index (χ0n) is 31.1. The maximum absolute atomic E-state index is 12.5. The molecule has 0 aliphatic rings. The SMILES string of the molecule is CC/C=C/C/C=C/C/C=C/CC(=O)OC(COCCC(C(=O)[O-])[N+](C)(C)C)COC(=O)CCCCCCCCC/C=C/CCCCCC. The number of hydrogen-bond acceptors (Lipinski definition) is 7. The van der Waals surface area contributed by atoms with Gasteiger partial charge in [0.05, 0.1) is 46.7 Å². The molecule has 0 aromatic heterocycles. The topological polar surface area (TPSA) is 102 Å². The molecule has 0 saturated carbocycles. The molecule has 0 saturated heterocycles. The first kappa shape index (κ1) is 45.3. The molecule has 0 bridgehead atoms. The van der Waals surface area contributed by atoms with Crippen LogP contribution in [0.4, 0.5) is 0 Å². The van der Waals surface area contributed by atoms with E-state index < -0.39 is 24.1 Å². The number of carboxylic acids is 1. The summed E-state index contributed by atoms with van der Waals surface area (Å²) in [6.45, 7) is 4.39. The van der Waals surface area contributed by atoms with Crippen LogP contribution in [0.25, 0.3) is 0 Å². The van der Waals surface area contributed by atoms with Gasteiger partial charge in [-0.1, -0.05) is 114 Å². The van der Waals surface area contributed by atoms with Gasteiger partial charge in [-0.3, -0.25) is 9.59 Å². The molecule has 48 heavy (non-hydrogen) atoms. The number of carboxylic acid groups (broad SMARTS) is 1. The molecular weight excluding hydrogens is 606 g/mol. The van der Waals surface area contributed by atoms with Gasteiger partial charge in [-0.05, 0) is 51.4 Å². The van der Waals surface area contributed by atoms with Gasteiger partial charge < -0.3 is 28.6 Å². The number of aliphatic carboxylic acids is 1. The van der Waals surface area contributed by atoms with Gasteiger partial charge >= 0.3 is 11.9 Å². The van der Waals surface area contributed by atoms with Gasteiger partial charge in [0.15, 0.2) is 6.10 Å². The van der Waals surface area contributed by atoms with Crippen molar-refractivity contribution in [3.05, 3.63) is 48.6 Å². The van der Waals surface area contributed by atoms with E-state index in [2.05, 4.69) is 44.2 Å². The Balaban J connectivity index is 4.46. The Kier molecular flexibility index (Phi) is 29.8. The summed E-state index contributed by atoms with van der Waals surface area (Å²) in [5.74, 6) is -1.90. The number of esters is 2. The van der Waals surface area contributed by atoms with E-state index in [1.165, 1.54) is 64.2 Å². The summed E-state index contributed by atoms with van der Waals surface area (Å²) < 4.78 is 16.9. The fourth-order valence-corrected chi connectivity index (χ4v) is 5.07. The van der Waals surface area contributed by atoms with Gasteiger partial charge in [-0.25, -0.2) is 0 Å². The molecule has 0 heterocycles. The Morgan fingerprint density at radius 2 is 1.23 bits per heavy atom. The second kappa shape index (κ2) is 31.6. The minimum absolute atomic E-state index is 0.00239. The number of hydrogen-bond donors (Lipinski definition) is 0. The molecule has 0 aromatic carbocycles. The summed E-state index contributed by atoms with van der Waals surface area (Å²) in [6.07, 6.45) is 34.6. The van der Waals surface area contributed by atoms with Crippen molar-refractivity contribution >= 4 is 17.9 Å². The third kappa shape index (κ3) is 29.4. The van der Waals surface area contributed by atoms with E-state index in [0.29, 0.717) is 6.42 Å². The average Bonchev–Trinajstić information content (AvgIpc) is 3.03. The maximum Gasteiger partial charge on any atom is 0.310 e. The van der Waals surface area contributed by atoms with E-state index in [4.69, 9.17) is 14.2 Å². The van der Waals surface area contributed by atoms with Crippen molar-refractivity contribution in [1.29, 1.82) is 0 Å². The summed E-state index contributed by atoms with van der Waals surface area (Å²) in [5, 5.41) is 11.5. The minimum atomic E-state index is -1.14. The second-order valence-electron chi connectivity index (χ2n) is 13.4. The molecule has 0 rings (SSSR count). The number of carbonyl (C=O) groups excluding carboxylic acids is 3. The van der Waals surface area contributed by atoms with Crippen molar-refractivity contribution in [3.8, 4) is 0 Å². The molecule has 2 unspecified atom stereocenters. The van der Waals surface area contributed by atoms with E-state index >= 15 is 0 Å². The van der Waals surface area contributed by atoms with Crippen LogP contribution < -0.4 is 5.11 Å². The molecule has 276 valence electrons. The lowest BCUT2D eigenvalue weighted by atomic mass is 10.1. The quantitative estimate of drug-likeness (QED) is 0.0309. The number of unbranched alkanes of at least 4 members (excludes halogenated alkanes) is 11. The summed E-state index contributed by atoms with van der Waals surface area (Å²) >= 11 is 0. The monoisotopic (exact) mass is 676 g/mol. The summed E-state index contributed by atoms with van der Waals surface area (Å²) in [4.78, 5) is 36.5. The van der Waals surface area contributed by atoms with Gasteiger partial charge in [0.1, 0.15) is 12.6 Å². The normalized spacial score (nSPS) is 13.6. The van der Waals surface area contributed by atoms with Gasteiger partial charge in [-0.2, -0.15) is 0 Å². The van der Waals surface area contributed by atoms with E-state index in [9.17, 15) is 19.5 Å². The highest BCUT2D eigenvalue weighted by Gasteiger charge is 2.25. The van der Waals surface area contributed by atoms with Crippen LogP contribution in [-0.4, -0.2) is 75.5 Å². The number of ether oxygens (including phenoxy) is 3. The Labute approximate surface area is 293 Å². The van der Waals surface area contributed by atoms with Crippen molar-refractivity contribution in [1.82, 2.24) is 0 Å². The average molecular weight is 676 g/mol. The van der Waals surface area contributed by atoms with Gasteiger partial charge in [-0.15, -0.1) is 0 Å². The highest BCUT2D eigenvalue weighted by Crippen LogP contribution is 2.12. The number of allylic oxidation sites excluding steroid dienone is 7. The number of rotatable bonds is 32. The van der Waals surface area contributed by atoms with E-state index in [-0.39, 0.29) is 43.1 Å². The molecule has 0 aliphatic carbocycles. The summed E-state index contributed by atoms with van der Waals surface area (Å²) in [5.41, 5.74) is 0. The van der Waals surface area contributed by atoms with Gasteiger partial charge in [0, 0.05) is 12.8 Å². The molecule has 8 nitrogen and oxygen atoms in total. The second-order valence-corrected chi connectivity index (χ2v) is 13.4. The first-order valence-corrected chi connectivity index (χ1v) is 18.7. The van der Waals surface area contributed by atoms with E-state index in [0.717, 1.165) is 38.5 Å². The highest BCUT2D eigenvalue weighted by atomic mass is 16.6. The third-order valence-corrected chi connectivity index (χ3v) is 7.98. The van der Waals surface area contributed by atoms with E-state index in [1.807, 2.05) is 12.2 Å². The Morgan fingerprint density at radius 3 is 1.81 bits per heavy atom. The summed E-state index contributed by atoms with van der Waals surface area (Å²) in [7, 11) is 5.36. The lowest BCUT2D eigenvalue weighted by molar-refractivity contribution is -0.889. The molecule has 0 N–H and O–H groups in total. The van der Waals surface area contributed by atoms with Crippen LogP contribution in [0.1, 0.15) is 136 Å². The number of quaternary nitrogens is 1. The minimum Gasteiger partial charge on any atom is -0.544 e. The fourth-order valence-electron chi connectivity index (χ4n) is 5.07. The summed E-state index contributed by atoms with van der Waals surface area (Å²) in [6, 6.07) is -0.738. The molecule has 0 aromatic rings. The van der Waals surface area contributed by atoms with Crippen molar-refractivity contribution in [2.45, 2.75) is 148 Å². The smallest absolute Gasteiger partial charge is 0.310 e. The standard InChI is InChI=1S/C40H69NO7/c1-6-8-10-12-14-16-17-18-19-20-21-23-24-26-28-30-38(42)47-35-36(34-46-33-32-37(40(44)45)41(3,4)5)48-39(43)31-29-27-25-22-15-13-11-9-7-2/h9,11,15-17,22,27,29,36-37H,6-8,10,12-14,18-21,23-26,28,30-35H2,1-5H3/b11-9+,17-16+,22-15+,29-27+. The number of nitrogens with zero attached hydrogens (tertiary/aromatic N) is 1. The molecule has 0 amide bonds. The number of likely N-dealkylation sites (N-methyl/N-ethyl adjacent to an activating group) is 1. The van der Waals surface area contributed by atoms with Crippen molar-refractivity contribution in [2.75, 3.05) is 41.0 Å². The fraction of sp³-hybridized carbons (Fsp3) is 0.725. The zero-order valence-corrected chi connectivity index (χ0v) is 31.1. The Bertz CT molecular complexity index is 932. The molecule has 0 spiro atoms. The maximum atomic E-state index is 12.5. The molecule has 0 fully saturated rings. The highest BCUT2D eigenvalue weighted by molar-refractivity contribution is 5.71. The molecule has 2 atom stereocenters. The molecule has 0 radical (unpaired) electrons. The van der Waals surface area contributed by atoms with Gasteiger partial charge in [0.2, 0.25) is 0 Å². The third-order valence-electron chi connectivity index (χ3n) is 7.98. The number of carbonyl (C=O) groups is 3. The van der Waals surface area contributed by atoms with Crippen LogP contribution in [0.3, 0.4) is 0 Å². The first-order chi connectivity index (χ1) is 23.1. The lowest BCUT2D eigenvalue weighted by Gasteiger charge is -2.34. The van der Waals surface area contributed by atoms with E-state index in [1.54, 1.807) is 27.2 Å². The predicted octanol–water partition coefficient (Wildman–Crippen LogP) is 7.96. The van der Waals surface area contributed by atoms with Crippen LogP contribution in [0, 0.1) is 0 Å². The van der Waals surface area contributed by atoms with Crippen molar-refractivity contribution < 1.29 is 38.2 Å². The van der Waals surface area contributed by atoms with Crippen LogP contribution >= 0.6 is 0 Å². The molecular formula is C40H69NO7. The van der Waals surface area contributed by atoms with Gasteiger partial charge in [0.25, 0.3) is 0 Å². The van der Waals surface area contributed by atoms with Crippen LogP contribution in [-0.2, 0) is 28.6 Å². The van der Waals surface area contributed by atoms with Crippen LogP contribution in [0.15, 0.2) is 48.6 Å². The van der Waals surface area contributed by atoms with Crippen molar-refractivity contribution in [3.63, 3.8) is 0 Å². The van der Waals surface area contributed by atoms with Crippen molar-refractivity contribution in [2.24, 2.45) is 0 Å². The van der Waals surface area contributed by atoms with Crippen LogP contribution in [0.5, 0.6) is 0 Å². The zero-order chi connectivity index (χ0) is 35.7. The lowest BCUT2D eigenvalue weighted by Crippen LogP contribution is -2.55. The first-order valence-electron chi connectivity index (χ1n) is 18.7. The largest absolute Gasteiger partial charge is 0.544 e. The predicted molar refractivity (Wildman–Crippen MR) is 194 cm³/mol. The molecule has 0 aliphatic heterocycles.